The van der Waals surface area contributed by atoms with Crippen molar-refractivity contribution in [3.63, 3.8) is 0 Å². The van der Waals surface area contributed by atoms with Crippen LogP contribution in [0.25, 0.3) is 0 Å². The highest BCUT2D eigenvalue weighted by Gasteiger charge is 2.24. The van der Waals surface area contributed by atoms with E-state index in [9.17, 15) is 4.79 Å². The van der Waals surface area contributed by atoms with E-state index in [0.717, 1.165) is 19.6 Å². The summed E-state index contributed by atoms with van der Waals surface area (Å²) >= 11 is 6.03. The molecule has 0 atom stereocenters. The number of aryl methyl sites for hydroxylation is 1. The van der Waals surface area contributed by atoms with Gasteiger partial charge in [0.15, 0.2) is 0 Å². The van der Waals surface area contributed by atoms with E-state index in [-0.39, 0.29) is 5.91 Å². The minimum Gasteiger partial charge on any atom is -0.496 e. The van der Waals surface area contributed by atoms with Crippen molar-refractivity contribution in [1.29, 1.82) is 0 Å². The second-order valence-corrected chi connectivity index (χ2v) is 6.37. The molecular formula is C17H21ClN4O2. The molecule has 24 heavy (non-hydrogen) atoms. The van der Waals surface area contributed by atoms with E-state index in [4.69, 9.17) is 16.3 Å². The van der Waals surface area contributed by atoms with Gasteiger partial charge >= 0.3 is 0 Å². The Morgan fingerprint density at radius 2 is 2.04 bits per heavy atom. The lowest BCUT2D eigenvalue weighted by atomic mass is 10.1. The van der Waals surface area contributed by atoms with Gasteiger partial charge in [-0.05, 0) is 18.2 Å². The van der Waals surface area contributed by atoms with Crippen molar-refractivity contribution < 1.29 is 9.53 Å². The third-order valence-electron chi connectivity index (χ3n) is 4.22. The maximum atomic E-state index is 12.8. The van der Waals surface area contributed by atoms with Gasteiger partial charge in [0.25, 0.3) is 5.91 Å². The van der Waals surface area contributed by atoms with Crippen molar-refractivity contribution in [2.75, 3.05) is 33.3 Å². The van der Waals surface area contributed by atoms with Crippen LogP contribution in [0.3, 0.4) is 0 Å². The molecule has 0 saturated carbocycles. The number of methoxy groups -OCH3 is 1. The van der Waals surface area contributed by atoms with Crippen LogP contribution in [-0.4, -0.2) is 58.8 Å². The number of carbonyl (C=O) groups is 1. The summed E-state index contributed by atoms with van der Waals surface area (Å²) in [7, 11) is 3.48. The van der Waals surface area contributed by atoms with Crippen LogP contribution in [0.2, 0.25) is 5.02 Å². The van der Waals surface area contributed by atoms with Crippen molar-refractivity contribution in [3.05, 3.63) is 46.7 Å². The molecule has 1 aromatic heterocycles. The van der Waals surface area contributed by atoms with Crippen molar-refractivity contribution in [2.45, 2.75) is 6.54 Å². The number of ether oxygens (including phenoxy) is 1. The Morgan fingerprint density at radius 3 is 2.67 bits per heavy atom. The van der Waals surface area contributed by atoms with E-state index in [1.807, 2.05) is 24.3 Å². The van der Waals surface area contributed by atoms with Crippen molar-refractivity contribution in [2.24, 2.45) is 7.05 Å². The molecule has 2 aromatic rings. The van der Waals surface area contributed by atoms with E-state index in [2.05, 4.69) is 10.00 Å². The molecule has 0 radical (unpaired) electrons. The van der Waals surface area contributed by atoms with Crippen LogP contribution in [0.5, 0.6) is 5.75 Å². The number of hydrogen-bond donors (Lipinski definition) is 0. The molecule has 3 rings (SSSR count). The summed E-state index contributed by atoms with van der Waals surface area (Å²) in [6.45, 7) is 3.91. The standard InChI is InChI=1S/C17H21ClN4O2/c1-20-11-13(10-19-20)12-21-5-7-22(8-6-21)17(23)15-9-14(18)3-4-16(15)24-2/h3-4,9-11H,5-8,12H2,1-2H3. The summed E-state index contributed by atoms with van der Waals surface area (Å²) in [5.74, 6) is 0.526. The molecule has 0 unspecified atom stereocenters. The predicted molar refractivity (Wildman–Crippen MR) is 92.4 cm³/mol. The van der Waals surface area contributed by atoms with Gasteiger partial charge in [0.1, 0.15) is 5.75 Å². The molecule has 1 fully saturated rings. The molecular weight excluding hydrogens is 328 g/mol. The van der Waals surface area contributed by atoms with Gasteiger partial charge in [0.05, 0.1) is 18.9 Å². The van der Waals surface area contributed by atoms with Crippen LogP contribution in [0.1, 0.15) is 15.9 Å². The van der Waals surface area contributed by atoms with Crippen LogP contribution >= 0.6 is 11.6 Å². The number of benzene rings is 1. The molecule has 1 amide bonds. The number of carbonyl (C=O) groups excluding carboxylic acids is 1. The van der Waals surface area contributed by atoms with Gasteiger partial charge in [0.2, 0.25) is 0 Å². The van der Waals surface area contributed by atoms with E-state index < -0.39 is 0 Å². The maximum Gasteiger partial charge on any atom is 0.257 e. The second-order valence-electron chi connectivity index (χ2n) is 5.94. The minimum atomic E-state index is -0.0321. The molecule has 1 aromatic carbocycles. The molecule has 7 heteroatoms. The first-order valence-corrected chi connectivity index (χ1v) is 8.27. The zero-order chi connectivity index (χ0) is 17.1. The quantitative estimate of drug-likeness (QED) is 0.848. The molecule has 0 bridgehead atoms. The molecule has 1 saturated heterocycles. The van der Waals surface area contributed by atoms with Gasteiger partial charge < -0.3 is 9.64 Å². The van der Waals surface area contributed by atoms with E-state index in [1.165, 1.54) is 5.56 Å². The van der Waals surface area contributed by atoms with Crippen molar-refractivity contribution >= 4 is 17.5 Å². The van der Waals surface area contributed by atoms with Crippen LogP contribution in [0.15, 0.2) is 30.6 Å². The summed E-state index contributed by atoms with van der Waals surface area (Å²) in [4.78, 5) is 16.9. The Hall–Kier alpha value is -2.05. The second kappa shape index (κ2) is 7.23. The zero-order valence-corrected chi connectivity index (χ0v) is 14.7. The van der Waals surface area contributed by atoms with Crippen LogP contribution in [0, 0.1) is 0 Å². The number of rotatable bonds is 4. The topological polar surface area (TPSA) is 50.6 Å². The fourth-order valence-corrected chi connectivity index (χ4v) is 3.11. The largest absolute Gasteiger partial charge is 0.496 e. The SMILES string of the molecule is COc1ccc(Cl)cc1C(=O)N1CCN(Cc2cnn(C)c2)CC1. The lowest BCUT2D eigenvalue weighted by Crippen LogP contribution is -2.48. The summed E-state index contributed by atoms with van der Waals surface area (Å²) in [5, 5.41) is 4.73. The third-order valence-corrected chi connectivity index (χ3v) is 4.45. The Kier molecular flexibility index (Phi) is 5.06. The van der Waals surface area contributed by atoms with Crippen molar-refractivity contribution in [3.8, 4) is 5.75 Å². The van der Waals surface area contributed by atoms with Crippen LogP contribution in [-0.2, 0) is 13.6 Å². The van der Waals surface area contributed by atoms with Gasteiger partial charge in [-0.25, -0.2) is 0 Å². The third kappa shape index (κ3) is 3.71. The first kappa shape index (κ1) is 16.8. The Morgan fingerprint density at radius 1 is 1.29 bits per heavy atom. The van der Waals surface area contributed by atoms with Crippen LogP contribution in [0.4, 0.5) is 0 Å². The molecule has 6 nitrogen and oxygen atoms in total. The average Bonchev–Trinajstić information content (AvgIpc) is 3.00. The first-order valence-electron chi connectivity index (χ1n) is 7.89. The predicted octanol–water partition coefficient (Wildman–Crippen LogP) is 2.04. The number of halogens is 1. The summed E-state index contributed by atoms with van der Waals surface area (Å²) in [6.07, 6.45) is 3.91. The van der Waals surface area contributed by atoms with Gasteiger partial charge in [0, 0.05) is 56.6 Å². The van der Waals surface area contributed by atoms with E-state index in [0.29, 0.717) is 29.4 Å². The molecule has 128 valence electrons. The fraction of sp³-hybridized carbons (Fsp3) is 0.412. The normalized spacial score (nSPS) is 15.5. The lowest BCUT2D eigenvalue weighted by Gasteiger charge is -2.34. The molecule has 0 N–H and O–H groups in total. The zero-order valence-electron chi connectivity index (χ0n) is 13.9. The molecule has 2 heterocycles. The number of piperazine rings is 1. The summed E-state index contributed by atoms with van der Waals surface area (Å²) < 4.78 is 7.09. The highest BCUT2D eigenvalue weighted by Crippen LogP contribution is 2.24. The number of aromatic nitrogens is 2. The van der Waals surface area contributed by atoms with Crippen LogP contribution < -0.4 is 4.74 Å². The van der Waals surface area contributed by atoms with Crippen molar-refractivity contribution in [1.82, 2.24) is 19.6 Å². The monoisotopic (exact) mass is 348 g/mol. The Labute approximate surface area is 146 Å². The summed E-state index contributed by atoms with van der Waals surface area (Å²) in [6, 6.07) is 5.13. The highest BCUT2D eigenvalue weighted by atomic mass is 35.5. The van der Waals surface area contributed by atoms with Gasteiger partial charge in [-0.1, -0.05) is 11.6 Å². The fourth-order valence-electron chi connectivity index (χ4n) is 2.94. The van der Waals surface area contributed by atoms with E-state index >= 15 is 0 Å². The average molecular weight is 349 g/mol. The summed E-state index contributed by atoms with van der Waals surface area (Å²) in [5.41, 5.74) is 1.71. The Balaban J connectivity index is 1.62. The maximum absolute atomic E-state index is 12.8. The molecule has 0 spiro atoms. The van der Waals surface area contributed by atoms with E-state index in [1.54, 1.807) is 30.0 Å². The lowest BCUT2D eigenvalue weighted by molar-refractivity contribution is 0.0625. The number of hydrogen-bond acceptors (Lipinski definition) is 4. The molecule has 1 aliphatic rings. The number of nitrogens with zero attached hydrogens (tertiary/aromatic N) is 4. The molecule has 1 aliphatic heterocycles. The Bertz CT molecular complexity index is 723. The first-order chi connectivity index (χ1) is 11.6. The smallest absolute Gasteiger partial charge is 0.257 e. The van der Waals surface area contributed by atoms with Gasteiger partial charge in [-0.15, -0.1) is 0 Å². The van der Waals surface area contributed by atoms with Gasteiger partial charge in [-0.2, -0.15) is 5.10 Å². The minimum absolute atomic E-state index is 0.0321. The number of amides is 1. The highest BCUT2D eigenvalue weighted by molar-refractivity contribution is 6.31. The van der Waals surface area contributed by atoms with Gasteiger partial charge in [-0.3, -0.25) is 14.4 Å². The molecule has 0 aliphatic carbocycles.